The van der Waals surface area contributed by atoms with E-state index in [9.17, 15) is 0 Å². The summed E-state index contributed by atoms with van der Waals surface area (Å²) >= 11 is 0. The molecule has 0 aliphatic heterocycles. The maximum absolute atomic E-state index is 4.35. The number of nitrogens with zero attached hydrogens (tertiary/aromatic N) is 14. The largest absolute Gasteiger partial charge is 0.265 e. The van der Waals surface area contributed by atoms with Crippen molar-refractivity contribution in [1.29, 1.82) is 0 Å². The Labute approximate surface area is 533 Å². The van der Waals surface area contributed by atoms with E-state index in [2.05, 4.69) is 106 Å². The molecule has 91 heavy (non-hydrogen) atoms. The molecule has 0 atom stereocenters. The minimum absolute atomic E-state index is 0.690. The van der Waals surface area contributed by atoms with Crippen LogP contribution in [0.15, 0.2) is 299 Å². The molecule has 0 saturated heterocycles. The van der Waals surface area contributed by atoms with Crippen LogP contribution in [0.5, 0.6) is 0 Å². The van der Waals surface area contributed by atoms with Crippen LogP contribution < -0.4 is 0 Å². The summed E-state index contributed by atoms with van der Waals surface area (Å²) in [4.78, 5) is 58.4. The zero-order chi connectivity index (χ0) is 63.7. The van der Waals surface area contributed by atoms with Gasteiger partial charge in [-0.25, -0.2) is 24.9 Å². The average Bonchev–Trinajstić information content (AvgIpc) is 3.81. The van der Waals surface area contributed by atoms with Gasteiger partial charge >= 0.3 is 0 Å². The van der Waals surface area contributed by atoms with Crippen molar-refractivity contribution < 1.29 is 0 Å². The Balaban J connectivity index is 0.000000137. The van der Waals surface area contributed by atoms with E-state index in [4.69, 9.17) is 0 Å². The second-order valence-corrected chi connectivity index (χ2v) is 20.4. The topological polar surface area (TPSA) is 180 Å². The Morgan fingerprint density at radius 1 is 0.209 bits per heavy atom. The summed E-state index contributed by atoms with van der Waals surface area (Å²) in [6.45, 7) is 13.7. The van der Waals surface area contributed by atoms with Crippen LogP contribution in [0.4, 0.5) is 0 Å². The lowest BCUT2D eigenvalue weighted by atomic mass is 10.1. The lowest BCUT2D eigenvalue weighted by Crippen LogP contribution is -1.93. The average molecular weight is 1190 g/mol. The van der Waals surface area contributed by atoms with Crippen LogP contribution in [0.2, 0.25) is 0 Å². The molecule has 0 N–H and O–H groups in total. The van der Waals surface area contributed by atoms with Crippen molar-refractivity contribution in [3.63, 3.8) is 0 Å². The number of aryl methyl sites for hydroxylation is 7. The number of hydrogen-bond donors (Lipinski definition) is 0. The van der Waals surface area contributed by atoms with Crippen LogP contribution >= 0.6 is 0 Å². The molecule has 0 aliphatic carbocycles. The first-order valence-corrected chi connectivity index (χ1v) is 29.4. The van der Waals surface area contributed by atoms with Crippen molar-refractivity contribution >= 4 is 0 Å². The molecule has 10 aromatic heterocycles. The van der Waals surface area contributed by atoms with Crippen molar-refractivity contribution in [3.05, 3.63) is 339 Å². The molecule has 14 nitrogen and oxygen atoms in total. The first-order chi connectivity index (χ1) is 44.5. The van der Waals surface area contributed by atoms with E-state index in [1.54, 1.807) is 37.2 Å². The highest BCUT2D eigenvalue weighted by Crippen LogP contribution is 2.21. The molecule has 0 spiro atoms. The third-order valence-electron chi connectivity index (χ3n) is 13.1. The predicted octanol–water partition coefficient (Wildman–Crippen LogP) is 17.2. The van der Waals surface area contributed by atoms with Crippen LogP contribution in [-0.2, 0) is 0 Å². The van der Waals surface area contributed by atoms with Crippen LogP contribution in [0.25, 0.3) is 78.8 Å². The number of pyridine rings is 7. The summed E-state index contributed by atoms with van der Waals surface area (Å²) in [5.41, 5.74) is 19.1. The van der Waals surface area contributed by atoms with Gasteiger partial charge in [-0.15, -0.1) is 0 Å². The third kappa shape index (κ3) is 22.4. The summed E-state index contributed by atoms with van der Waals surface area (Å²) in [7, 11) is 0. The van der Waals surface area contributed by atoms with Gasteiger partial charge in [0.2, 0.25) is 0 Å². The SMILES string of the molecule is Cc1ccc(-c2ccccc2)cn1.Cc1ccc(-c2ccccc2)nc1.Cc1ccc(-c2ccccn2)cn1.Cc1ccc(-c2ccccn2)nc1.Cc1cnc(-c2ccccc2)cn1.Cc1ncc(-c2ccccc2)cn1.Cc1ncnc(-c2ccncc2)n1. The Hall–Kier alpha value is -11.9. The first kappa shape index (κ1) is 65.1. The van der Waals surface area contributed by atoms with E-state index in [-0.39, 0.29) is 0 Å². The molecule has 10 heterocycles. The monoisotopic (exact) mass is 1190 g/mol. The van der Waals surface area contributed by atoms with E-state index < -0.39 is 0 Å². The van der Waals surface area contributed by atoms with Crippen LogP contribution in [-0.4, -0.2) is 69.8 Å². The Bertz CT molecular complexity index is 3630. The van der Waals surface area contributed by atoms with E-state index in [0.717, 1.165) is 85.0 Å². The van der Waals surface area contributed by atoms with Crippen molar-refractivity contribution in [3.8, 4) is 78.8 Å². The minimum Gasteiger partial charge on any atom is -0.265 e. The highest BCUT2D eigenvalue weighted by atomic mass is 15.0. The summed E-state index contributed by atoms with van der Waals surface area (Å²) in [6.07, 6.45) is 23.3. The maximum Gasteiger partial charge on any atom is 0.163 e. The molecule has 0 bridgehead atoms. The van der Waals surface area contributed by atoms with Crippen molar-refractivity contribution in [1.82, 2.24) is 69.8 Å². The zero-order valence-corrected chi connectivity index (χ0v) is 52.1. The molecule has 14 rings (SSSR count). The second kappa shape index (κ2) is 35.7. The molecule has 0 saturated carbocycles. The van der Waals surface area contributed by atoms with Crippen molar-refractivity contribution in [2.45, 2.75) is 48.5 Å². The van der Waals surface area contributed by atoms with Gasteiger partial charge in [0.15, 0.2) is 5.82 Å². The molecule has 0 unspecified atom stereocenters. The van der Waals surface area contributed by atoms with Gasteiger partial charge in [0, 0.05) is 113 Å². The number of hydrogen-bond acceptors (Lipinski definition) is 14. The summed E-state index contributed by atoms with van der Waals surface area (Å²) < 4.78 is 0. The van der Waals surface area contributed by atoms with E-state index in [0.29, 0.717) is 5.82 Å². The smallest absolute Gasteiger partial charge is 0.163 e. The fourth-order valence-corrected chi connectivity index (χ4v) is 8.14. The summed E-state index contributed by atoms with van der Waals surface area (Å²) in [5, 5.41) is 0. The molecule has 0 aliphatic rings. The molecule has 448 valence electrons. The molecular formula is C77H70N14. The van der Waals surface area contributed by atoms with E-state index in [1.807, 2.05) is 268 Å². The van der Waals surface area contributed by atoms with Crippen LogP contribution in [0, 0.1) is 48.5 Å². The van der Waals surface area contributed by atoms with Crippen LogP contribution in [0.1, 0.15) is 39.9 Å². The van der Waals surface area contributed by atoms with Gasteiger partial charge in [0.05, 0.1) is 40.4 Å². The highest BCUT2D eigenvalue weighted by Gasteiger charge is 2.03. The van der Waals surface area contributed by atoms with Gasteiger partial charge in [-0.1, -0.05) is 152 Å². The molecule has 14 heteroatoms. The van der Waals surface area contributed by atoms with E-state index in [1.165, 1.54) is 34.1 Å². The fourth-order valence-electron chi connectivity index (χ4n) is 8.14. The fraction of sp³-hybridized carbons (Fsp3) is 0.0909. The van der Waals surface area contributed by atoms with Gasteiger partial charge in [-0.3, -0.25) is 44.9 Å². The Kier molecular flexibility index (Phi) is 25.5. The third-order valence-corrected chi connectivity index (χ3v) is 13.1. The van der Waals surface area contributed by atoms with Gasteiger partial charge < -0.3 is 0 Å². The molecule has 0 radical (unpaired) electrons. The Morgan fingerprint density at radius 3 is 1.12 bits per heavy atom. The molecule has 0 amide bonds. The van der Waals surface area contributed by atoms with Crippen molar-refractivity contribution in [2.24, 2.45) is 0 Å². The van der Waals surface area contributed by atoms with E-state index >= 15 is 0 Å². The van der Waals surface area contributed by atoms with Crippen molar-refractivity contribution in [2.75, 3.05) is 0 Å². The number of aromatic nitrogens is 14. The van der Waals surface area contributed by atoms with Gasteiger partial charge in [-0.2, -0.15) is 0 Å². The summed E-state index contributed by atoms with van der Waals surface area (Å²) in [6, 6.07) is 72.3. The lowest BCUT2D eigenvalue weighted by molar-refractivity contribution is 0.982. The molecule has 0 fully saturated rings. The van der Waals surface area contributed by atoms with Gasteiger partial charge in [0.1, 0.15) is 18.0 Å². The lowest BCUT2D eigenvalue weighted by Gasteiger charge is -2.00. The maximum atomic E-state index is 4.35. The normalized spacial score (nSPS) is 9.92. The summed E-state index contributed by atoms with van der Waals surface area (Å²) in [5.74, 6) is 2.22. The second-order valence-electron chi connectivity index (χ2n) is 20.4. The standard InChI is InChI=1S/2C12H11N.4C11H10N2.C9H8N4/c1-10-7-8-12(9-13-10)11-5-3-2-4-6-11;1-10-7-8-12(13-9-10)11-5-3-2-4-6-11;1-9-5-6-10(8-13-9)11-4-2-3-7-12-11;1-9-5-6-11(13-8-9)10-4-2-3-7-12-10;1-9-12-7-11(8-13-9)10-5-3-2-4-6-10;1-9-7-13-11(8-12-9)10-5-3-2-4-6-10;1-7-11-6-12-9(13-7)8-2-4-10-5-3-8/h2*2-9H,1H3;4*2-8H,1H3;2-6H,1H3. The first-order valence-electron chi connectivity index (χ1n) is 29.4. The number of benzene rings is 4. The van der Waals surface area contributed by atoms with Gasteiger partial charge in [0.25, 0.3) is 0 Å². The molecular weight excluding hydrogens is 1120 g/mol. The predicted molar refractivity (Wildman–Crippen MR) is 365 cm³/mol. The van der Waals surface area contributed by atoms with Gasteiger partial charge in [-0.05, 0) is 137 Å². The highest BCUT2D eigenvalue weighted by molar-refractivity contribution is 5.63. The number of rotatable bonds is 7. The molecule has 4 aromatic carbocycles. The molecule has 14 aromatic rings. The quantitative estimate of drug-likeness (QED) is 0.147. The minimum atomic E-state index is 0.690. The van der Waals surface area contributed by atoms with Crippen LogP contribution in [0.3, 0.4) is 0 Å². The Morgan fingerprint density at radius 2 is 0.648 bits per heavy atom. The zero-order valence-electron chi connectivity index (χ0n) is 52.1.